The molecule has 0 aliphatic carbocycles. The lowest BCUT2D eigenvalue weighted by Gasteiger charge is -2.09. The lowest BCUT2D eigenvalue weighted by molar-refractivity contribution is -0.132. The average molecular weight is 463 g/mol. The van der Waals surface area contributed by atoms with Gasteiger partial charge in [-0.3, -0.25) is 14.5 Å². The van der Waals surface area contributed by atoms with E-state index in [1.807, 2.05) is 0 Å². The normalized spacial score (nSPS) is 14.9. The number of nitrogens with one attached hydrogen (secondary N) is 1. The van der Waals surface area contributed by atoms with E-state index >= 15 is 0 Å². The molecule has 29 heavy (non-hydrogen) atoms. The third-order valence-corrected chi connectivity index (χ3v) is 4.46. The number of nitrogens with zero attached hydrogens (tertiary/aromatic N) is 1. The summed E-state index contributed by atoms with van der Waals surface area (Å²) >= 11 is 3.29. The van der Waals surface area contributed by atoms with Crippen LogP contribution in [0.3, 0.4) is 0 Å². The molecule has 1 aliphatic rings. The zero-order chi connectivity index (χ0) is 21.1. The van der Waals surface area contributed by atoms with Gasteiger partial charge in [0.05, 0.1) is 18.1 Å². The number of ether oxygens (including phenoxy) is 2. The molecule has 150 valence electrons. The van der Waals surface area contributed by atoms with Crippen molar-refractivity contribution in [3.63, 3.8) is 0 Å². The van der Waals surface area contributed by atoms with Gasteiger partial charge in [-0.15, -0.1) is 0 Å². The first-order chi connectivity index (χ1) is 13.8. The van der Waals surface area contributed by atoms with Crippen molar-refractivity contribution in [3.05, 3.63) is 57.6 Å². The van der Waals surface area contributed by atoms with E-state index in [1.165, 1.54) is 32.2 Å². The number of urea groups is 1. The number of benzene rings is 1. The van der Waals surface area contributed by atoms with Crippen LogP contribution in [0.4, 0.5) is 4.79 Å². The predicted molar refractivity (Wildman–Crippen MR) is 103 cm³/mol. The Bertz CT molecular complexity index is 1040. The Hall–Kier alpha value is -3.40. The maximum Gasteiger partial charge on any atom is 0.373 e. The first kappa shape index (κ1) is 20.3. The number of halogens is 1. The molecule has 1 saturated heterocycles. The molecule has 0 atom stereocenters. The van der Waals surface area contributed by atoms with E-state index in [0.29, 0.717) is 15.8 Å². The van der Waals surface area contributed by atoms with Crippen LogP contribution in [0.1, 0.15) is 28.8 Å². The standard InChI is InChI=1S/C19H15BrN2O7/c1-10(23)28-15-5-3-11(7-13(15)20)8-14-17(24)22(19(26)21-14)9-12-4-6-16(29-12)18(25)27-2/h3-8H,9H2,1-2H3,(H,21,26). The summed E-state index contributed by atoms with van der Waals surface area (Å²) in [5, 5.41) is 2.49. The summed E-state index contributed by atoms with van der Waals surface area (Å²) in [4.78, 5) is 48.2. The molecule has 0 radical (unpaired) electrons. The molecule has 0 bridgehead atoms. The minimum absolute atomic E-state index is 0.0250. The maximum atomic E-state index is 12.6. The highest BCUT2D eigenvalue weighted by Gasteiger charge is 2.34. The van der Waals surface area contributed by atoms with Gasteiger partial charge in [0, 0.05) is 6.92 Å². The molecule has 1 N–H and O–H groups in total. The number of rotatable bonds is 5. The van der Waals surface area contributed by atoms with Crippen molar-refractivity contribution >= 4 is 45.9 Å². The number of furan rings is 1. The van der Waals surface area contributed by atoms with Crippen LogP contribution in [-0.2, 0) is 20.9 Å². The molecular weight excluding hydrogens is 448 g/mol. The summed E-state index contributed by atoms with van der Waals surface area (Å²) in [6.07, 6.45) is 1.49. The van der Waals surface area contributed by atoms with Gasteiger partial charge in [0.1, 0.15) is 17.2 Å². The SMILES string of the molecule is COC(=O)c1ccc(CN2C(=O)NC(=Cc3ccc(OC(C)=O)c(Br)c3)C2=O)o1. The minimum Gasteiger partial charge on any atom is -0.463 e. The molecular formula is C19H15BrN2O7. The Labute approximate surface area is 173 Å². The van der Waals surface area contributed by atoms with Crippen molar-refractivity contribution in [1.29, 1.82) is 0 Å². The monoisotopic (exact) mass is 462 g/mol. The van der Waals surface area contributed by atoms with E-state index in [2.05, 4.69) is 26.0 Å². The molecule has 0 spiro atoms. The van der Waals surface area contributed by atoms with Crippen LogP contribution in [0.25, 0.3) is 6.08 Å². The predicted octanol–water partition coefficient (Wildman–Crippen LogP) is 2.85. The smallest absolute Gasteiger partial charge is 0.373 e. The molecule has 0 unspecified atom stereocenters. The zero-order valence-corrected chi connectivity index (χ0v) is 16.9. The van der Waals surface area contributed by atoms with E-state index in [4.69, 9.17) is 9.15 Å². The van der Waals surface area contributed by atoms with Gasteiger partial charge in [0.15, 0.2) is 0 Å². The molecule has 1 aromatic heterocycles. The van der Waals surface area contributed by atoms with Crippen LogP contribution in [0.2, 0.25) is 0 Å². The summed E-state index contributed by atoms with van der Waals surface area (Å²) in [5.74, 6) is -1.10. The molecule has 1 aliphatic heterocycles. The third kappa shape index (κ3) is 4.54. The van der Waals surface area contributed by atoms with Crippen molar-refractivity contribution in [2.75, 3.05) is 7.11 Å². The van der Waals surface area contributed by atoms with Gasteiger partial charge in [-0.1, -0.05) is 6.07 Å². The Morgan fingerprint density at radius 2 is 2.00 bits per heavy atom. The Kier molecular flexibility index (Phi) is 5.83. The van der Waals surface area contributed by atoms with Crippen LogP contribution in [0.5, 0.6) is 5.75 Å². The van der Waals surface area contributed by atoms with Crippen LogP contribution in [-0.4, -0.2) is 35.9 Å². The largest absolute Gasteiger partial charge is 0.463 e. The van der Waals surface area contributed by atoms with Gasteiger partial charge in [0.2, 0.25) is 5.76 Å². The molecule has 2 aromatic rings. The molecule has 10 heteroatoms. The second-order valence-electron chi connectivity index (χ2n) is 5.92. The van der Waals surface area contributed by atoms with E-state index < -0.39 is 23.9 Å². The second-order valence-corrected chi connectivity index (χ2v) is 6.77. The molecule has 9 nitrogen and oxygen atoms in total. The summed E-state index contributed by atoms with van der Waals surface area (Å²) < 4.78 is 15.4. The lowest BCUT2D eigenvalue weighted by atomic mass is 10.2. The van der Waals surface area contributed by atoms with E-state index in [-0.39, 0.29) is 23.8 Å². The fourth-order valence-corrected chi connectivity index (χ4v) is 3.03. The van der Waals surface area contributed by atoms with Gasteiger partial charge in [-0.25, -0.2) is 9.59 Å². The lowest BCUT2D eigenvalue weighted by Crippen LogP contribution is -2.30. The number of hydrogen-bond acceptors (Lipinski definition) is 7. The number of carbonyl (C=O) groups is 4. The number of methoxy groups -OCH3 is 1. The van der Waals surface area contributed by atoms with Crippen molar-refractivity contribution in [1.82, 2.24) is 10.2 Å². The van der Waals surface area contributed by atoms with Gasteiger partial charge in [-0.2, -0.15) is 0 Å². The van der Waals surface area contributed by atoms with Gasteiger partial charge in [-0.05, 0) is 51.8 Å². The topological polar surface area (TPSA) is 115 Å². The highest BCUT2D eigenvalue weighted by atomic mass is 79.9. The third-order valence-electron chi connectivity index (χ3n) is 3.85. The summed E-state index contributed by atoms with van der Waals surface area (Å²) in [7, 11) is 1.22. The molecule has 2 heterocycles. The van der Waals surface area contributed by atoms with Crippen LogP contribution >= 0.6 is 15.9 Å². The average Bonchev–Trinajstić information content (AvgIpc) is 3.24. The summed E-state index contributed by atoms with van der Waals surface area (Å²) in [6, 6.07) is 7.11. The highest BCUT2D eigenvalue weighted by Crippen LogP contribution is 2.27. The van der Waals surface area contributed by atoms with E-state index in [1.54, 1.807) is 18.2 Å². The Balaban J connectivity index is 1.76. The maximum absolute atomic E-state index is 12.6. The quantitative estimate of drug-likeness (QED) is 0.314. The van der Waals surface area contributed by atoms with Gasteiger partial charge >= 0.3 is 18.0 Å². The number of hydrogen-bond donors (Lipinski definition) is 1. The second kappa shape index (κ2) is 8.31. The van der Waals surface area contributed by atoms with Crippen LogP contribution in [0.15, 0.2) is 44.9 Å². The fraction of sp³-hybridized carbons (Fsp3) is 0.158. The number of carbonyl (C=O) groups excluding carboxylic acids is 4. The highest BCUT2D eigenvalue weighted by molar-refractivity contribution is 9.10. The summed E-state index contributed by atoms with van der Waals surface area (Å²) in [5.41, 5.74) is 0.672. The Morgan fingerprint density at radius 3 is 2.66 bits per heavy atom. The van der Waals surface area contributed by atoms with E-state index in [9.17, 15) is 19.2 Å². The van der Waals surface area contributed by atoms with Crippen LogP contribution in [0, 0.1) is 0 Å². The zero-order valence-electron chi connectivity index (χ0n) is 15.4. The molecule has 3 rings (SSSR count). The first-order valence-corrected chi connectivity index (χ1v) is 9.07. The fourth-order valence-electron chi connectivity index (χ4n) is 2.56. The summed E-state index contributed by atoms with van der Waals surface area (Å²) in [6.45, 7) is 1.14. The first-order valence-electron chi connectivity index (χ1n) is 8.28. The van der Waals surface area contributed by atoms with Crippen molar-refractivity contribution in [2.24, 2.45) is 0 Å². The number of imide groups is 1. The number of esters is 2. The number of amides is 3. The van der Waals surface area contributed by atoms with Crippen LogP contribution < -0.4 is 10.1 Å². The molecule has 1 aromatic carbocycles. The molecule has 1 fully saturated rings. The van der Waals surface area contributed by atoms with Gasteiger partial charge < -0.3 is 19.2 Å². The van der Waals surface area contributed by atoms with Crippen molar-refractivity contribution in [2.45, 2.75) is 13.5 Å². The van der Waals surface area contributed by atoms with Gasteiger partial charge in [0.25, 0.3) is 5.91 Å². The minimum atomic E-state index is -0.656. The Morgan fingerprint density at radius 1 is 1.24 bits per heavy atom. The van der Waals surface area contributed by atoms with Crippen molar-refractivity contribution in [3.8, 4) is 5.75 Å². The van der Waals surface area contributed by atoms with Crippen molar-refractivity contribution < 1.29 is 33.1 Å². The molecule has 3 amide bonds. The molecule has 0 saturated carbocycles. The van der Waals surface area contributed by atoms with E-state index in [0.717, 1.165) is 4.90 Å².